The van der Waals surface area contributed by atoms with Crippen LogP contribution in [0.5, 0.6) is 0 Å². The van der Waals surface area contributed by atoms with Crippen molar-refractivity contribution in [3.63, 3.8) is 0 Å². The molecule has 2 aliphatic rings. The summed E-state index contributed by atoms with van der Waals surface area (Å²) in [4.78, 5) is 51.9. The Kier molecular flexibility index (Phi) is 7.28. The fourth-order valence-electron chi connectivity index (χ4n) is 4.18. The lowest BCUT2D eigenvalue weighted by Crippen LogP contribution is -2.44. The van der Waals surface area contributed by atoms with Crippen LogP contribution < -0.4 is 16.0 Å². The molecule has 0 aliphatic carbocycles. The van der Waals surface area contributed by atoms with Crippen molar-refractivity contribution in [1.29, 1.82) is 0 Å². The molecule has 9 nitrogen and oxygen atoms in total. The Hall–Kier alpha value is -3.95. The van der Waals surface area contributed by atoms with Crippen molar-refractivity contribution in [2.45, 2.75) is 32.9 Å². The number of para-hydroxylation sites is 1. The van der Waals surface area contributed by atoms with Gasteiger partial charge in [-0.25, -0.2) is 14.0 Å². The smallest absolute Gasteiger partial charge is 0.324 e. The van der Waals surface area contributed by atoms with Crippen LogP contribution in [-0.2, 0) is 22.7 Å². The molecule has 0 spiro atoms. The Bertz CT molecular complexity index is 1130. The van der Waals surface area contributed by atoms with Crippen molar-refractivity contribution in [1.82, 2.24) is 20.4 Å². The summed E-state index contributed by atoms with van der Waals surface area (Å²) in [6.07, 6.45) is 1.04. The van der Waals surface area contributed by atoms with Gasteiger partial charge in [0.1, 0.15) is 5.82 Å². The fourth-order valence-corrected chi connectivity index (χ4v) is 4.18. The van der Waals surface area contributed by atoms with Crippen molar-refractivity contribution >= 4 is 29.6 Å². The third-order valence-electron chi connectivity index (χ3n) is 6.38. The molecule has 2 heterocycles. The highest BCUT2D eigenvalue weighted by Gasteiger charge is 2.30. The molecule has 0 bridgehead atoms. The first kappa shape index (κ1) is 24.2. The Morgan fingerprint density at radius 2 is 1.86 bits per heavy atom. The van der Waals surface area contributed by atoms with Gasteiger partial charge in [-0.05, 0) is 48.6 Å². The van der Waals surface area contributed by atoms with Crippen LogP contribution in [0.15, 0.2) is 42.5 Å². The zero-order valence-corrected chi connectivity index (χ0v) is 19.5. The molecule has 2 aliphatic heterocycles. The van der Waals surface area contributed by atoms with Gasteiger partial charge >= 0.3 is 12.1 Å². The standard InChI is InChI=1S/C25H28FN5O4/c1-16-6-7-17(12-20(16)26)13-27-23(33)18-8-10-30(11-9-18)25(35)29-21-5-3-2-4-19(21)15-31-22(32)14-28-24(31)34/h2-7,12,18H,8-11,13-15H2,1H3,(H,27,33)(H,28,34)(H,29,35). The van der Waals surface area contributed by atoms with E-state index in [0.29, 0.717) is 48.3 Å². The van der Waals surface area contributed by atoms with E-state index in [-0.39, 0.29) is 49.2 Å². The number of carbonyl (C=O) groups is 4. The van der Waals surface area contributed by atoms with Crippen LogP contribution in [0, 0.1) is 18.7 Å². The number of benzene rings is 2. The number of aryl methyl sites for hydroxylation is 1. The molecule has 2 aromatic carbocycles. The number of urea groups is 2. The Morgan fingerprint density at radius 3 is 2.54 bits per heavy atom. The molecule has 2 saturated heterocycles. The molecule has 35 heavy (non-hydrogen) atoms. The lowest BCUT2D eigenvalue weighted by Gasteiger charge is -2.31. The summed E-state index contributed by atoms with van der Waals surface area (Å²) in [6.45, 7) is 2.81. The van der Waals surface area contributed by atoms with Crippen molar-refractivity contribution in [2.24, 2.45) is 5.92 Å². The monoisotopic (exact) mass is 481 g/mol. The number of imide groups is 1. The maximum Gasteiger partial charge on any atom is 0.324 e. The largest absolute Gasteiger partial charge is 0.352 e. The van der Waals surface area contributed by atoms with E-state index in [1.165, 1.54) is 6.07 Å². The molecule has 0 saturated carbocycles. The Labute approximate surface area is 202 Å². The number of anilines is 1. The molecule has 0 atom stereocenters. The SMILES string of the molecule is Cc1ccc(CNC(=O)C2CCN(C(=O)Nc3ccccc3CN3C(=O)CNC3=O)CC2)cc1F. The Balaban J connectivity index is 1.28. The normalized spacial score (nSPS) is 16.3. The number of hydrogen-bond donors (Lipinski definition) is 3. The Morgan fingerprint density at radius 1 is 1.11 bits per heavy atom. The molecule has 0 unspecified atom stereocenters. The first-order chi connectivity index (χ1) is 16.8. The molecule has 4 rings (SSSR count). The van der Waals surface area contributed by atoms with Gasteiger partial charge in [-0.3, -0.25) is 14.5 Å². The highest BCUT2D eigenvalue weighted by Crippen LogP contribution is 2.22. The quantitative estimate of drug-likeness (QED) is 0.551. The average molecular weight is 482 g/mol. The van der Waals surface area contributed by atoms with Crippen LogP contribution in [0.2, 0.25) is 0 Å². The van der Waals surface area contributed by atoms with Crippen molar-refractivity contribution in [3.8, 4) is 0 Å². The number of rotatable bonds is 6. The molecule has 2 fully saturated rings. The number of nitrogens with zero attached hydrogens (tertiary/aromatic N) is 2. The topological polar surface area (TPSA) is 111 Å². The summed E-state index contributed by atoms with van der Waals surface area (Å²) in [6, 6.07) is 11.2. The van der Waals surface area contributed by atoms with Crippen molar-refractivity contribution in [3.05, 3.63) is 65.0 Å². The van der Waals surface area contributed by atoms with E-state index in [4.69, 9.17) is 0 Å². The van der Waals surface area contributed by atoms with Gasteiger partial charge in [-0.1, -0.05) is 30.3 Å². The minimum atomic E-state index is -0.455. The number of carbonyl (C=O) groups excluding carboxylic acids is 4. The second kappa shape index (κ2) is 10.5. The highest BCUT2D eigenvalue weighted by molar-refractivity contribution is 6.02. The summed E-state index contributed by atoms with van der Waals surface area (Å²) in [7, 11) is 0. The lowest BCUT2D eigenvalue weighted by molar-refractivity contribution is -0.126. The number of hydrogen-bond acceptors (Lipinski definition) is 4. The third-order valence-corrected chi connectivity index (χ3v) is 6.38. The van der Waals surface area contributed by atoms with Crippen LogP contribution in [0.4, 0.5) is 19.7 Å². The number of piperidine rings is 1. The molecule has 184 valence electrons. The minimum Gasteiger partial charge on any atom is -0.352 e. The summed E-state index contributed by atoms with van der Waals surface area (Å²) < 4.78 is 13.7. The lowest BCUT2D eigenvalue weighted by atomic mass is 9.96. The predicted molar refractivity (Wildman–Crippen MR) is 127 cm³/mol. The molecule has 3 N–H and O–H groups in total. The molecule has 10 heteroatoms. The van der Waals surface area contributed by atoms with Gasteiger partial charge in [0, 0.05) is 31.2 Å². The summed E-state index contributed by atoms with van der Waals surface area (Å²) in [5, 5.41) is 8.20. The van der Waals surface area contributed by atoms with Crippen molar-refractivity contribution < 1.29 is 23.6 Å². The maximum atomic E-state index is 13.7. The zero-order valence-electron chi connectivity index (χ0n) is 19.5. The van der Waals surface area contributed by atoms with Gasteiger partial charge in [0.05, 0.1) is 13.1 Å². The first-order valence-corrected chi connectivity index (χ1v) is 11.6. The number of nitrogens with one attached hydrogen (secondary N) is 3. The third kappa shape index (κ3) is 5.76. The summed E-state index contributed by atoms with van der Waals surface area (Å²) >= 11 is 0. The van der Waals surface area contributed by atoms with E-state index in [2.05, 4.69) is 16.0 Å². The molecular formula is C25H28FN5O4. The fraction of sp³-hybridized carbons (Fsp3) is 0.360. The molecule has 2 aromatic rings. The van der Waals surface area contributed by atoms with E-state index >= 15 is 0 Å². The summed E-state index contributed by atoms with van der Waals surface area (Å²) in [5.41, 5.74) is 2.43. The van der Waals surface area contributed by atoms with E-state index in [1.807, 2.05) is 0 Å². The van der Waals surface area contributed by atoms with E-state index in [9.17, 15) is 23.6 Å². The second-order valence-corrected chi connectivity index (χ2v) is 8.79. The van der Waals surface area contributed by atoms with Crippen molar-refractivity contribution in [2.75, 3.05) is 25.0 Å². The average Bonchev–Trinajstić information content (AvgIpc) is 3.18. The molecular weight excluding hydrogens is 453 g/mol. The van der Waals surface area contributed by atoms with Gasteiger partial charge in [-0.15, -0.1) is 0 Å². The number of halogens is 1. The maximum absolute atomic E-state index is 13.7. The van der Waals surface area contributed by atoms with Gasteiger partial charge in [0.2, 0.25) is 11.8 Å². The van der Waals surface area contributed by atoms with Crippen LogP contribution >= 0.6 is 0 Å². The van der Waals surface area contributed by atoms with E-state index in [1.54, 1.807) is 48.2 Å². The number of likely N-dealkylation sites (tertiary alicyclic amines) is 1. The molecule has 0 radical (unpaired) electrons. The van der Waals surface area contributed by atoms with Gasteiger partial charge < -0.3 is 20.9 Å². The molecule has 6 amide bonds. The minimum absolute atomic E-state index is 0.0300. The first-order valence-electron chi connectivity index (χ1n) is 11.6. The van der Waals surface area contributed by atoms with Crippen LogP contribution in [-0.4, -0.2) is 53.3 Å². The zero-order chi connectivity index (χ0) is 24.9. The highest BCUT2D eigenvalue weighted by atomic mass is 19.1. The second-order valence-electron chi connectivity index (χ2n) is 8.79. The molecule has 0 aromatic heterocycles. The predicted octanol–water partition coefficient (Wildman–Crippen LogP) is 2.75. The number of amides is 6. The van der Waals surface area contributed by atoms with E-state index < -0.39 is 6.03 Å². The summed E-state index contributed by atoms with van der Waals surface area (Å²) in [5.74, 6) is -0.941. The van der Waals surface area contributed by atoms with Gasteiger partial charge in [0.15, 0.2) is 0 Å². The van der Waals surface area contributed by atoms with Crippen LogP contribution in [0.3, 0.4) is 0 Å². The van der Waals surface area contributed by atoms with E-state index in [0.717, 1.165) is 4.90 Å². The van der Waals surface area contributed by atoms with Crippen LogP contribution in [0.25, 0.3) is 0 Å². The van der Waals surface area contributed by atoms with Crippen LogP contribution in [0.1, 0.15) is 29.5 Å². The van der Waals surface area contributed by atoms with Gasteiger partial charge in [-0.2, -0.15) is 0 Å². The van der Waals surface area contributed by atoms with Gasteiger partial charge in [0.25, 0.3) is 0 Å².